The van der Waals surface area contributed by atoms with Crippen LogP contribution < -0.4 is 0 Å². The van der Waals surface area contributed by atoms with Gasteiger partial charge in [0.15, 0.2) is 0 Å². The topological polar surface area (TPSA) is 36.7 Å². The van der Waals surface area contributed by atoms with Gasteiger partial charge in [-0.3, -0.25) is 0 Å². The van der Waals surface area contributed by atoms with Gasteiger partial charge in [-0.15, -0.1) is 11.8 Å². The van der Waals surface area contributed by atoms with Gasteiger partial charge in [-0.1, -0.05) is 23.7 Å². The van der Waals surface area contributed by atoms with E-state index in [-0.39, 0.29) is 16.2 Å². The number of thioether (sulfide) groups is 1. The highest BCUT2D eigenvalue weighted by Gasteiger charge is 2.39. The Kier molecular flexibility index (Phi) is 5.26. The van der Waals surface area contributed by atoms with Crippen molar-refractivity contribution < 1.29 is 13.2 Å². The number of aryl methyl sites for hydroxylation is 1. The molecule has 0 amide bonds. The Labute approximate surface area is 153 Å². The van der Waals surface area contributed by atoms with Crippen LogP contribution >= 0.6 is 23.4 Å². The monoisotopic (exact) mass is 382 g/mol. The third kappa shape index (κ3) is 3.94. The van der Waals surface area contributed by atoms with Gasteiger partial charge in [0.2, 0.25) is 0 Å². The summed E-state index contributed by atoms with van der Waals surface area (Å²) < 4.78 is 40.8. The molecule has 0 N–H and O–H groups in total. The number of nitriles is 1. The van der Waals surface area contributed by atoms with Crippen molar-refractivity contribution in [3.63, 3.8) is 0 Å². The van der Waals surface area contributed by atoms with Crippen LogP contribution in [0.1, 0.15) is 40.8 Å². The first-order chi connectivity index (χ1) is 11.9. The summed E-state index contributed by atoms with van der Waals surface area (Å²) in [6.07, 6.45) is -2.18. The van der Waals surface area contributed by atoms with E-state index in [4.69, 9.17) is 11.6 Å². The van der Waals surface area contributed by atoms with Crippen LogP contribution in [-0.4, -0.2) is 4.98 Å². The third-order valence-corrected chi connectivity index (χ3v) is 5.42. The minimum absolute atomic E-state index is 0.158. The second-order valence-electron chi connectivity index (χ2n) is 5.82. The van der Waals surface area contributed by atoms with Crippen molar-refractivity contribution in [2.24, 2.45) is 0 Å². The summed E-state index contributed by atoms with van der Waals surface area (Å²) in [5, 5.41) is 10.1. The van der Waals surface area contributed by atoms with E-state index in [1.54, 1.807) is 18.2 Å². The number of hydrogen-bond acceptors (Lipinski definition) is 3. The maximum Gasteiger partial charge on any atom is 0.418 e. The van der Waals surface area contributed by atoms with Crippen LogP contribution in [0, 0.1) is 11.3 Å². The number of pyridine rings is 1. The van der Waals surface area contributed by atoms with Gasteiger partial charge in [0.25, 0.3) is 0 Å². The third-order valence-electron chi connectivity index (χ3n) is 4.12. The van der Waals surface area contributed by atoms with Gasteiger partial charge in [-0.05, 0) is 48.9 Å². The fourth-order valence-corrected chi connectivity index (χ4v) is 4.06. The molecule has 130 valence electrons. The van der Waals surface area contributed by atoms with Crippen molar-refractivity contribution in [1.82, 2.24) is 4.98 Å². The van der Waals surface area contributed by atoms with Crippen molar-refractivity contribution in [1.29, 1.82) is 5.26 Å². The zero-order chi connectivity index (χ0) is 18.0. The van der Waals surface area contributed by atoms with Gasteiger partial charge in [-0.25, -0.2) is 4.98 Å². The van der Waals surface area contributed by atoms with Crippen molar-refractivity contribution in [2.75, 3.05) is 0 Å². The molecule has 3 rings (SSSR count). The Balaban J connectivity index is 2.01. The lowest BCUT2D eigenvalue weighted by molar-refractivity contribution is -0.138. The Bertz CT molecular complexity index is 826. The normalized spacial score (nSPS) is 14.0. The first kappa shape index (κ1) is 18.1. The van der Waals surface area contributed by atoms with Gasteiger partial charge in [0.1, 0.15) is 11.1 Å². The smallest absolute Gasteiger partial charge is 0.245 e. The molecule has 2 nitrogen and oxygen atoms in total. The van der Waals surface area contributed by atoms with E-state index in [0.29, 0.717) is 35.7 Å². The molecule has 1 aliphatic rings. The molecular formula is C18H14ClF3N2S. The lowest BCUT2D eigenvalue weighted by atomic mass is 9.90. The van der Waals surface area contributed by atoms with Crippen LogP contribution in [0.5, 0.6) is 0 Å². The molecule has 0 aliphatic heterocycles. The SMILES string of the molecule is N#Cc1c(SCc2ccc(Cl)cc2)nc2c(c1C(F)(F)F)CCCC2. The second-order valence-corrected chi connectivity index (χ2v) is 7.22. The average molecular weight is 383 g/mol. The molecule has 0 saturated heterocycles. The van der Waals surface area contributed by atoms with Crippen LogP contribution in [0.2, 0.25) is 5.02 Å². The molecule has 1 heterocycles. The molecule has 1 aromatic carbocycles. The largest absolute Gasteiger partial charge is 0.418 e. The van der Waals surface area contributed by atoms with E-state index < -0.39 is 11.7 Å². The highest BCUT2D eigenvalue weighted by molar-refractivity contribution is 7.98. The zero-order valence-corrected chi connectivity index (χ0v) is 14.7. The maximum absolute atomic E-state index is 13.6. The number of fused-ring (bicyclic) bond motifs is 1. The Morgan fingerprint density at radius 3 is 2.48 bits per heavy atom. The second kappa shape index (κ2) is 7.27. The number of benzene rings is 1. The summed E-state index contributed by atoms with van der Waals surface area (Å²) in [5.74, 6) is 0.426. The molecule has 1 aliphatic carbocycles. The van der Waals surface area contributed by atoms with Crippen LogP contribution in [-0.2, 0) is 24.8 Å². The number of alkyl halides is 3. The number of hydrogen-bond donors (Lipinski definition) is 0. The van der Waals surface area contributed by atoms with E-state index in [1.807, 2.05) is 12.1 Å². The highest BCUT2D eigenvalue weighted by Crippen LogP contribution is 2.41. The fraction of sp³-hybridized carbons (Fsp3) is 0.333. The average Bonchev–Trinajstić information content (AvgIpc) is 2.59. The Morgan fingerprint density at radius 2 is 1.84 bits per heavy atom. The zero-order valence-electron chi connectivity index (χ0n) is 13.2. The van der Waals surface area contributed by atoms with Crippen LogP contribution in [0.25, 0.3) is 0 Å². The quantitative estimate of drug-likeness (QED) is 0.630. The maximum atomic E-state index is 13.6. The molecule has 0 spiro atoms. The van der Waals surface area contributed by atoms with Crippen molar-refractivity contribution in [3.8, 4) is 6.07 Å². The van der Waals surface area contributed by atoms with E-state index in [1.165, 1.54) is 0 Å². The summed E-state index contributed by atoms with van der Waals surface area (Å²) in [7, 11) is 0. The van der Waals surface area contributed by atoms with Crippen molar-refractivity contribution in [3.05, 3.63) is 57.2 Å². The van der Waals surface area contributed by atoms with E-state index in [0.717, 1.165) is 23.7 Å². The summed E-state index contributed by atoms with van der Waals surface area (Å²) in [5.41, 5.74) is 0.444. The Hall–Kier alpha value is -1.71. The number of aromatic nitrogens is 1. The summed E-state index contributed by atoms with van der Waals surface area (Å²) in [6, 6.07) is 8.81. The van der Waals surface area contributed by atoms with Crippen LogP contribution in [0.4, 0.5) is 13.2 Å². The molecule has 2 aromatic rings. The molecule has 7 heteroatoms. The standard InChI is InChI=1S/C18H14ClF3N2S/c19-12-7-5-11(6-8-12)10-25-17-14(9-23)16(18(20,21)22)13-3-1-2-4-15(13)24-17/h5-8H,1-4,10H2. The van der Waals surface area contributed by atoms with E-state index >= 15 is 0 Å². The molecule has 0 atom stereocenters. The minimum Gasteiger partial charge on any atom is -0.245 e. The molecule has 25 heavy (non-hydrogen) atoms. The van der Waals surface area contributed by atoms with Gasteiger partial charge in [0, 0.05) is 16.5 Å². The summed E-state index contributed by atoms with van der Waals surface area (Å²) >= 11 is 7.00. The summed E-state index contributed by atoms with van der Waals surface area (Å²) in [6.45, 7) is 0. The van der Waals surface area contributed by atoms with Gasteiger partial charge in [0.05, 0.1) is 11.1 Å². The minimum atomic E-state index is -4.55. The van der Waals surface area contributed by atoms with Crippen molar-refractivity contribution in [2.45, 2.75) is 42.6 Å². The van der Waals surface area contributed by atoms with Gasteiger partial charge >= 0.3 is 6.18 Å². The lowest BCUT2D eigenvalue weighted by Crippen LogP contribution is -2.19. The predicted molar refractivity (Wildman–Crippen MR) is 91.6 cm³/mol. The van der Waals surface area contributed by atoms with Gasteiger partial charge in [-0.2, -0.15) is 18.4 Å². The van der Waals surface area contributed by atoms with Crippen molar-refractivity contribution >= 4 is 23.4 Å². The van der Waals surface area contributed by atoms with Crippen LogP contribution in [0.3, 0.4) is 0 Å². The number of halogens is 4. The van der Waals surface area contributed by atoms with E-state index in [9.17, 15) is 18.4 Å². The van der Waals surface area contributed by atoms with Crippen LogP contribution in [0.15, 0.2) is 29.3 Å². The molecule has 0 saturated carbocycles. The van der Waals surface area contributed by atoms with E-state index in [2.05, 4.69) is 4.98 Å². The molecule has 1 aromatic heterocycles. The fourth-order valence-electron chi connectivity index (χ4n) is 2.97. The molecule has 0 fully saturated rings. The number of nitrogens with zero attached hydrogens (tertiary/aromatic N) is 2. The number of rotatable bonds is 3. The Morgan fingerprint density at radius 1 is 1.16 bits per heavy atom. The highest BCUT2D eigenvalue weighted by atomic mass is 35.5. The lowest BCUT2D eigenvalue weighted by Gasteiger charge is -2.22. The molecule has 0 unspecified atom stereocenters. The first-order valence-corrected chi connectivity index (χ1v) is 9.17. The molecule has 0 bridgehead atoms. The first-order valence-electron chi connectivity index (χ1n) is 7.80. The summed E-state index contributed by atoms with van der Waals surface area (Å²) in [4.78, 5) is 4.41. The predicted octanol–water partition coefficient (Wildman–Crippen LogP) is 5.80. The van der Waals surface area contributed by atoms with Gasteiger partial charge < -0.3 is 0 Å². The molecular weight excluding hydrogens is 369 g/mol. The molecule has 0 radical (unpaired) electrons.